The molecule has 0 spiro atoms. The lowest BCUT2D eigenvalue weighted by Crippen LogP contribution is -2.32. The Balaban J connectivity index is 2.56. The lowest BCUT2D eigenvalue weighted by molar-refractivity contribution is -0.162. The molecule has 10 heteroatoms. The fourth-order valence-corrected chi connectivity index (χ4v) is 6.94. The van der Waals surface area contributed by atoms with Crippen LogP contribution in [0.2, 0.25) is 0 Å². The SMILES string of the molecule is CC/C=C\CCCCOC(CCC(=O)OCC(COC(=O)CCCCCCC/C=C\C/C=C\CCCCC)COC(=O)CCN1CCC(N(C)C)C1)OCCCC/C=C\CC. The number of hydrogen-bond donors (Lipinski definition) is 0. The molecule has 1 rings (SSSR count). The summed E-state index contributed by atoms with van der Waals surface area (Å²) in [5, 5.41) is 0. The molecule has 2 unspecified atom stereocenters. The third kappa shape index (κ3) is 35.4. The molecule has 0 aromatic carbocycles. The highest BCUT2D eigenvalue weighted by Crippen LogP contribution is 2.15. The summed E-state index contributed by atoms with van der Waals surface area (Å²) in [5.41, 5.74) is 0. The third-order valence-electron chi connectivity index (χ3n) is 10.9. The molecule has 0 amide bonds. The van der Waals surface area contributed by atoms with Gasteiger partial charge in [0.1, 0.15) is 19.8 Å². The first-order valence-corrected chi connectivity index (χ1v) is 24.5. The van der Waals surface area contributed by atoms with Crippen molar-refractivity contribution < 1.29 is 38.1 Å². The Morgan fingerprint density at radius 2 is 1.08 bits per heavy atom. The molecule has 0 N–H and O–H groups in total. The predicted octanol–water partition coefficient (Wildman–Crippen LogP) is 11.5. The van der Waals surface area contributed by atoms with Crippen LogP contribution in [-0.2, 0) is 38.1 Å². The van der Waals surface area contributed by atoms with Crippen LogP contribution in [0.25, 0.3) is 0 Å². The maximum atomic E-state index is 13.0. The Morgan fingerprint density at radius 1 is 0.590 bits per heavy atom. The van der Waals surface area contributed by atoms with E-state index >= 15 is 0 Å². The van der Waals surface area contributed by atoms with Crippen LogP contribution in [0.3, 0.4) is 0 Å². The highest BCUT2D eigenvalue weighted by atomic mass is 16.7. The number of esters is 3. The van der Waals surface area contributed by atoms with Crippen LogP contribution in [0, 0.1) is 5.92 Å². The summed E-state index contributed by atoms with van der Waals surface area (Å²) in [4.78, 5) is 43.0. The largest absolute Gasteiger partial charge is 0.465 e. The third-order valence-corrected chi connectivity index (χ3v) is 10.9. The van der Waals surface area contributed by atoms with Crippen LogP contribution in [0.5, 0.6) is 0 Å². The fourth-order valence-electron chi connectivity index (χ4n) is 6.94. The second-order valence-electron chi connectivity index (χ2n) is 16.8. The molecule has 0 aromatic heterocycles. The molecule has 0 bridgehead atoms. The maximum absolute atomic E-state index is 13.0. The summed E-state index contributed by atoms with van der Waals surface area (Å²) in [5.74, 6) is -1.43. The van der Waals surface area contributed by atoms with Gasteiger partial charge in [-0.3, -0.25) is 14.4 Å². The molecule has 1 fully saturated rings. The minimum Gasteiger partial charge on any atom is -0.465 e. The number of carbonyl (C=O) groups excluding carboxylic acids is 3. The number of carbonyl (C=O) groups is 3. The van der Waals surface area contributed by atoms with Gasteiger partial charge in [-0.15, -0.1) is 0 Å². The van der Waals surface area contributed by atoms with Gasteiger partial charge in [0.15, 0.2) is 6.29 Å². The van der Waals surface area contributed by atoms with E-state index in [2.05, 4.69) is 93.3 Å². The second-order valence-corrected chi connectivity index (χ2v) is 16.8. The quantitative estimate of drug-likeness (QED) is 0.0194. The van der Waals surface area contributed by atoms with Gasteiger partial charge in [0.25, 0.3) is 0 Å². The molecule has 1 aliphatic rings. The lowest BCUT2D eigenvalue weighted by atomic mass is 10.1. The van der Waals surface area contributed by atoms with Crippen LogP contribution < -0.4 is 0 Å². The summed E-state index contributed by atoms with van der Waals surface area (Å²) < 4.78 is 29.1. The van der Waals surface area contributed by atoms with Gasteiger partial charge in [0.2, 0.25) is 0 Å². The van der Waals surface area contributed by atoms with Gasteiger partial charge in [-0.2, -0.15) is 0 Å². The zero-order chi connectivity index (χ0) is 44.4. The van der Waals surface area contributed by atoms with E-state index in [1.165, 1.54) is 25.7 Å². The molecule has 10 nitrogen and oxygen atoms in total. The highest BCUT2D eigenvalue weighted by molar-refractivity contribution is 5.70. The van der Waals surface area contributed by atoms with E-state index in [0.717, 1.165) is 116 Å². The number of nitrogens with zero attached hydrogens (tertiary/aromatic N) is 2. The Kier molecular flexibility index (Phi) is 38.0. The van der Waals surface area contributed by atoms with E-state index in [4.69, 9.17) is 23.7 Å². The molecule has 1 heterocycles. The van der Waals surface area contributed by atoms with Gasteiger partial charge >= 0.3 is 17.9 Å². The number of allylic oxidation sites excluding steroid dienone is 8. The van der Waals surface area contributed by atoms with Crippen LogP contribution >= 0.6 is 0 Å². The van der Waals surface area contributed by atoms with Crippen molar-refractivity contribution >= 4 is 17.9 Å². The van der Waals surface area contributed by atoms with Crippen molar-refractivity contribution in [2.75, 3.05) is 66.8 Å². The monoisotopic (exact) mass is 859 g/mol. The summed E-state index contributed by atoms with van der Waals surface area (Å²) in [6.45, 7) is 10.2. The van der Waals surface area contributed by atoms with Crippen LogP contribution in [0.15, 0.2) is 48.6 Å². The number of likely N-dealkylation sites (tertiary alicyclic amines) is 1. The summed E-state index contributed by atoms with van der Waals surface area (Å²) in [7, 11) is 4.17. The minimum atomic E-state index is -0.486. The first kappa shape index (κ1) is 56.2. The standard InChI is InChI=1S/C51H90N2O8/c1-6-9-12-15-18-19-20-21-22-23-24-25-26-27-30-33-48(54)59-43-46(45-61-50(56)37-39-53-38-36-47(42-53)52(4)5)44-60-49(55)34-35-51(57-40-31-28-16-13-10-7-2)58-41-32-29-17-14-11-8-3/h10-11,13-14,18-19,21-22,46-47,51H,6-9,12,15-17,20,23-45H2,1-5H3/b13-10-,14-11-,19-18-,22-21-. The van der Waals surface area contributed by atoms with Crippen molar-refractivity contribution in [3.05, 3.63) is 48.6 Å². The van der Waals surface area contributed by atoms with Gasteiger partial charge in [0, 0.05) is 45.2 Å². The molecule has 0 aromatic rings. The molecule has 0 aliphatic carbocycles. The van der Waals surface area contributed by atoms with E-state index in [1.807, 2.05) is 0 Å². The molecule has 0 saturated carbocycles. The predicted molar refractivity (Wildman–Crippen MR) is 250 cm³/mol. The second kappa shape index (κ2) is 41.2. The molecule has 1 saturated heterocycles. The molecular formula is C51H90N2O8. The van der Waals surface area contributed by atoms with Crippen molar-refractivity contribution in [2.45, 2.75) is 187 Å². The van der Waals surface area contributed by atoms with E-state index in [-0.39, 0.29) is 50.6 Å². The number of unbranched alkanes of at least 4 members (excludes halogenated alkanes) is 12. The van der Waals surface area contributed by atoms with Crippen molar-refractivity contribution in [3.8, 4) is 0 Å². The number of likely N-dealkylation sites (N-methyl/N-ethyl adjacent to an activating group) is 1. The Bertz CT molecular complexity index is 1160. The van der Waals surface area contributed by atoms with E-state index < -0.39 is 12.2 Å². The molecule has 0 radical (unpaired) electrons. The smallest absolute Gasteiger partial charge is 0.307 e. The molecule has 1 aliphatic heterocycles. The summed E-state index contributed by atoms with van der Waals surface area (Å²) >= 11 is 0. The molecular weight excluding hydrogens is 769 g/mol. The zero-order valence-corrected chi connectivity index (χ0v) is 39.6. The number of rotatable bonds is 41. The fraction of sp³-hybridized carbons (Fsp3) is 0.784. The van der Waals surface area contributed by atoms with Gasteiger partial charge in [-0.25, -0.2) is 0 Å². The van der Waals surface area contributed by atoms with Crippen LogP contribution in [0.1, 0.15) is 175 Å². The van der Waals surface area contributed by atoms with Crippen molar-refractivity contribution in [2.24, 2.45) is 5.92 Å². The summed E-state index contributed by atoms with van der Waals surface area (Å²) in [6.07, 6.45) is 39.9. The molecule has 2 atom stereocenters. The van der Waals surface area contributed by atoms with Crippen LogP contribution in [-0.4, -0.2) is 107 Å². The first-order valence-electron chi connectivity index (χ1n) is 24.5. The van der Waals surface area contributed by atoms with E-state index in [0.29, 0.717) is 38.6 Å². The van der Waals surface area contributed by atoms with Crippen molar-refractivity contribution in [3.63, 3.8) is 0 Å². The average molecular weight is 859 g/mol. The topological polar surface area (TPSA) is 104 Å². The lowest BCUT2D eigenvalue weighted by Gasteiger charge is -2.21. The van der Waals surface area contributed by atoms with Gasteiger partial charge in [-0.1, -0.05) is 101 Å². The molecule has 61 heavy (non-hydrogen) atoms. The van der Waals surface area contributed by atoms with E-state index in [9.17, 15) is 14.4 Å². The van der Waals surface area contributed by atoms with Crippen molar-refractivity contribution in [1.29, 1.82) is 0 Å². The summed E-state index contributed by atoms with van der Waals surface area (Å²) in [6, 6.07) is 0.499. The van der Waals surface area contributed by atoms with Gasteiger partial charge < -0.3 is 33.5 Å². The maximum Gasteiger partial charge on any atom is 0.307 e. The zero-order valence-electron chi connectivity index (χ0n) is 39.6. The van der Waals surface area contributed by atoms with Gasteiger partial charge in [0.05, 0.1) is 18.8 Å². The van der Waals surface area contributed by atoms with E-state index in [1.54, 1.807) is 0 Å². The molecule has 352 valence electrons. The van der Waals surface area contributed by atoms with Crippen molar-refractivity contribution in [1.82, 2.24) is 9.80 Å². The Labute approximate surface area is 373 Å². The first-order chi connectivity index (χ1) is 29.8. The van der Waals surface area contributed by atoms with Gasteiger partial charge in [-0.05, 0) is 117 Å². The number of hydrogen-bond acceptors (Lipinski definition) is 10. The average Bonchev–Trinajstić information content (AvgIpc) is 3.74. The normalized spacial score (nSPS) is 15.4. The Morgan fingerprint density at radius 3 is 1.62 bits per heavy atom. The van der Waals surface area contributed by atoms with Crippen LogP contribution in [0.4, 0.5) is 0 Å². The Hall–Kier alpha value is -2.79. The number of ether oxygens (including phenoxy) is 5. The highest BCUT2D eigenvalue weighted by Gasteiger charge is 2.25. The minimum absolute atomic E-state index is 0.0112.